The maximum atomic E-state index is 13.8. The Morgan fingerprint density at radius 1 is 1.00 bits per heavy atom. The minimum absolute atomic E-state index is 0.140. The molecule has 4 heteroatoms. The van der Waals surface area contributed by atoms with E-state index in [1.807, 2.05) is 35.7 Å². The van der Waals surface area contributed by atoms with Gasteiger partial charge in [0.1, 0.15) is 5.82 Å². The van der Waals surface area contributed by atoms with Gasteiger partial charge in [0.15, 0.2) is 0 Å². The van der Waals surface area contributed by atoms with Crippen molar-refractivity contribution in [2.75, 3.05) is 0 Å². The molecule has 0 radical (unpaired) electrons. The number of hydrogen-bond donors (Lipinski definition) is 0. The van der Waals surface area contributed by atoms with Gasteiger partial charge in [-0.25, -0.2) is 4.39 Å². The van der Waals surface area contributed by atoms with E-state index in [4.69, 9.17) is 11.6 Å². The Morgan fingerprint density at radius 2 is 1.82 bits per heavy atom. The van der Waals surface area contributed by atoms with Crippen molar-refractivity contribution in [3.05, 3.63) is 76.2 Å². The van der Waals surface area contributed by atoms with Crippen LogP contribution in [-0.4, -0.2) is 4.57 Å². The van der Waals surface area contributed by atoms with Crippen molar-refractivity contribution in [3.63, 3.8) is 0 Å². The smallest absolute Gasteiger partial charge is 0.142 e. The highest BCUT2D eigenvalue weighted by atomic mass is 35.5. The fourth-order valence-corrected chi connectivity index (χ4v) is 3.46. The Morgan fingerprint density at radius 3 is 2.55 bits per heavy atom. The zero-order valence-electron chi connectivity index (χ0n) is 11.5. The molecule has 4 rings (SSSR count). The SMILES string of the molecule is Fc1cc2cc(-c3ccccc3)n(-c3ccsc3)c2cc1Cl. The molecule has 0 aliphatic rings. The van der Waals surface area contributed by atoms with Crippen LogP contribution in [0.2, 0.25) is 5.02 Å². The molecular weight excluding hydrogens is 317 g/mol. The van der Waals surface area contributed by atoms with E-state index in [1.54, 1.807) is 17.4 Å². The third kappa shape index (κ3) is 2.14. The summed E-state index contributed by atoms with van der Waals surface area (Å²) in [7, 11) is 0. The molecule has 0 aliphatic heterocycles. The van der Waals surface area contributed by atoms with Gasteiger partial charge >= 0.3 is 0 Å². The molecule has 0 amide bonds. The molecule has 0 atom stereocenters. The second kappa shape index (κ2) is 5.27. The fourth-order valence-electron chi connectivity index (χ4n) is 2.69. The molecule has 0 N–H and O–H groups in total. The Labute approximate surface area is 136 Å². The van der Waals surface area contributed by atoms with Gasteiger partial charge in [-0.2, -0.15) is 11.3 Å². The minimum atomic E-state index is -0.392. The molecule has 0 unspecified atom stereocenters. The average molecular weight is 328 g/mol. The molecule has 0 fully saturated rings. The molecule has 2 aromatic heterocycles. The summed E-state index contributed by atoms with van der Waals surface area (Å²) in [5.41, 5.74) is 4.07. The normalized spacial score (nSPS) is 11.2. The first-order valence-corrected chi connectivity index (χ1v) is 8.14. The fraction of sp³-hybridized carbons (Fsp3) is 0. The van der Waals surface area contributed by atoms with Crippen LogP contribution in [0, 0.1) is 5.82 Å². The van der Waals surface area contributed by atoms with Gasteiger partial charge in [0, 0.05) is 10.8 Å². The van der Waals surface area contributed by atoms with E-state index in [0.717, 1.165) is 27.8 Å². The zero-order valence-corrected chi connectivity index (χ0v) is 13.0. The monoisotopic (exact) mass is 327 g/mol. The van der Waals surface area contributed by atoms with Gasteiger partial charge in [-0.3, -0.25) is 0 Å². The summed E-state index contributed by atoms with van der Waals surface area (Å²) >= 11 is 7.62. The number of rotatable bonds is 2. The lowest BCUT2D eigenvalue weighted by molar-refractivity contribution is 0.630. The van der Waals surface area contributed by atoms with Crippen molar-refractivity contribution in [3.8, 4) is 16.9 Å². The van der Waals surface area contributed by atoms with Crippen LogP contribution in [0.4, 0.5) is 4.39 Å². The Kier molecular flexibility index (Phi) is 3.25. The van der Waals surface area contributed by atoms with Gasteiger partial charge in [0.05, 0.1) is 21.9 Å². The number of thiophene rings is 1. The van der Waals surface area contributed by atoms with Crippen LogP contribution in [0.25, 0.3) is 27.8 Å². The number of benzene rings is 2. The first kappa shape index (κ1) is 13.6. The summed E-state index contributed by atoms with van der Waals surface area (Å²) in [4.78, 5) is 0. The molecule has 108 valence electrons. The molecule has 22 heavy (non-hydrogen) atoms. The zero-order chi connectivity index (χ0) is 15.1. The van der Waals surface area contributed by atoms with Gasteiger partial charge in [-0.05, 0) is 35.2 Å². The second-order valence-electron chi connectivity index (χ2n) is 5.04. The van der Waals surface area contributed by atoms with E-state index in [0.29, 0.717) is 0 Å². The molecule has 0 spiro atoms. The summed E-state index contributed by atoms with van der Waals surface area (Å²) in [6, 6.07) is 17.3. The van der Waals surface area contributed by atoms with E-state index in [2.05, 4.69) is 22.1 Å². The van der Waals surface area contributed by atoms with E-state index in [1.165, 1.54) is 6.07 Å². The molecule has 2 heterocycles. The first-order valence-electron chi connectivity index (χ1n) is 6.82. The van der Waals surface area contributed by atoms with E-state index in [9.17, 15) is 4.39 Å². The summed E-state index contributed by atoms with van der Waals surface area (Å²) in [6.45, 7) is 0. The van der Waals surface area contributed by atoms with Gasteiger partial charge in [0.25, 0.3) is 0 Å². The van der Waals surface area contributed by atoms with Crippen molar-refractivity contribution in [2.45, 2.75) is 0 Å². The number of fused-ring (bicyclic) bond motifs is 1. The van der Waals surface area contributed by atoms with Crippen LogP contribution >= 0.6 is 22.9 Å². The minimum Gasteiger partial charge on any atom is -0.308 e. The lowest BCUT2D eigenvalue weighted by atomic mass is 10.1. The van der Waals surface area contributed by atoms with Crippen LogP contribution in [0.1, 0.15) is 0 Å². The molecule has 0 saturated carbocycles. The van der Waals surface area contributed by atoms with Crippen molar-refractivity contribution in [1.29, 1.82) is 0 Å². The number of aromatic nitrogens is 1. The van der Waals surface area contributed by atoms with Gasteiger partial charge < -0.3 is 4.57 Å². The standard InChI is InChI=1S/C18H11ClFNS/c19-15-10-18-13(8-16(15)20)9-17(12-4-2-1-3-5-12)21(18)14-6-7-22-11-14/h1-11H. The van der Waals surface area contributed by atoms with E-state index < -0.39 is 5.82 Å². The molecular formula is C18H11ClFNS. The van der Waals surface area contributed by atoms with Gasteiger partial charge in [0.2, 0.25) is 0 Å². The lowest BCUT2D eigenvalue weighted by Crippen LogP contribution is -1.94. The maximum Gasteiger partial charge on any atom is 0.142 e. The predicted octanol–water partition coefficient (Wildman–Crippen LogP) is 6.15. The quantitative estimate of drug-likeness (QED) is 0.416. The van der Waals surface area contributed by atoms with Crippen molar-refractivity contribution < 1.29 is 4.39 Å². The average Bonchev–Trinajstić information content (AvgIpc) is 3.16. The lowest BCUT2D eigenvalue weighted by Gasteiger charge is -2.09. The summed E-state index contributed by atoms with van der Waals surface area (Å²) in [5, 5.41) is 5.08. The van der Waals surface area contributed by atoms with Gasteiger partial charge in [-0.15, -0.1) is 0 Å². The van der Waals surface area contributed by atoms with E-state index >= 15 is 0 Å². The molecule has 4 aromatic rings. The van der Waals surface area contributed by atoms with Crippen LogP contribution in [0.3, 0.4) is 0 Å². The van der Waals surface area contributed by atoms with Crippen molar-refractivity contribution >= 4 is 33.8 Å². The third-order valence-corrected chi connectivity index (χ3v) is 4.64. The third-order valence-electron chi connectivity index (χ3n) is 3.68. The molecule has 1 nitrogen and oxygen atoms in total. The Balaban J connectivity index is 2.10. The van der Waals surface area contributed by atoms with Crippen molar-refractivity contribution in [2.24, 2.45) is 0 Å². The highest BCUT2D eigenvalue weighted by molar-refractivity contribution is 7.08. The van der Waals surface area contributed by atoms with Crippen LogP contribution < -0.4 is 0 Å². The Bertz CT molecular complexity index is 942. The number of hydrogen-bond acceptors (Lipinski definition) is 1. The van der Waals surface area contributed by atoms with Crippen LogP contribution in [0.15, 0.2) is 65.4 Å². The van der Waals surface area contributed by atoms with Crippen molar-refractivity contribution in [1.82, 2.24) is 4.57 Å². The Hall–Kier alpha value is -2.10. The summed E-state index contributed by atoms with van der Waals surface area (Å²) < 4.78 is 15.9. The van der Waals surface area contributed by atoms with Crippen LogP contribution in [-0.2, 0) is 0 Å². The second-order valence-corrected chi connectivity index (χ2v) is 6.22. The molecule has 0 aliphatic carbocycles. The number of nitrogens with zero attached hydrogens (tertiary/aromatic N) is 1. The predicted molar refractivity (Wildman–Crippen MR) is 91.6 cm³/mol. The number of halogens is 2. The molecule has 2 aromatic carbocycles. The highest BCUT2D eigenvalue weighted by Crippen LogP contribution is 2.34. The van der Waals surface area contributed by atoms with Gasteiger partial charge in [-0.1, -0.05) is 41.9 Å². The van der Waals surface area contributed by atoms with E-state index in [-0.39, 0.29) is 5.02 Å². The highest BCUT2D eigenvalue weighted by Gasteiger charge is 2.14. The molecule has 0 bridgehead atoms. The van der Waals surface area contributed by atoms with Crippen LogP contribution in [0.5, 0.6) is 0 Å². The summed E-state index contributed by atoms with van der Waals surface area (Å²) in [6.07, 6.45) is 0. The first-order chi connectivity index (χ1) is 10.7. The largest absolute Gasteiger partial charge is 0.308 e. The topological polar surface area (TPSA) is 4.93 Å². The molecule has 0 saturated heterocycles. The maximum absolute atomic E-state index is 13.8. The summed E-state index contributed by atoms with van der Waals surface area (Å²) in [5.74, 6) is -0.392.